The average molecular weight is 450 g/mol. The summed E-state index contributed by atoms with van der Waals surface area (Å²) >= 11 is 0. The summed E-state index contributed by atoms with van der Waals surface area (Å²) in [6, 6.07) is 14.5. The maximum absolute atomic E-state index is 13.7. The van der Waals surface area contributed by atoms with Crippen LogP contribution in [0.5, 0.6) is 5.75 Å². The summed E-state index contributed by atoms with van der Waals surface area (Å²) in [5.41, 5.74) is 1.22. The van der Waals surface area contributed by atoms with Gasteiger partial charge in [0.15, 0.2) is 0 Å². The first kappa shape index (κ1) is 24.5. The van der Waals surface area contributed by atoms with E-state index in [2.05, 4.69) is 20.8 Å². The minimum Gasteiger partial charge on any atom is -0.497 e. The fourth-order valence-corrected chi connectivity index (χ4v) is 4.16. The smallest absolute Gasteiger partial charge is 0.266 e. The first-order chi connectivity index (χ1) is 15.9. The Morgan fingerprint density at radius 2 is 1.79 bits per heavy atom. The van der Waals surface area contributed by atoms with Crippen molar-refractivity contribution in [3.05, 3.63) is 64.7 Å². The molecule has 0 bridgehead atoms. The molecule has 3 aromatic rings. The lowest BCUT2D eigenvalue weighted by molar-refractivity contribution is -0.134. The van der Waals surface area contributed by atoms with Crippen molar-refractivity contribution in [2.75, 3.05) is 13.7 Å². The molecule has 0 saturated heterocycles. The molecule has 3 rings (SSSR count). The van der Waals surface area contributed by atoms with E-state index in [0.29, 0.717) is 53.5 Å². The molecule has 0 aliphatic rings. The van der Waals surface area contributed by atoms with Crippen molar-refractivity contribution < 1.29 is 9.53 Å². The number of para-hydroxylation sites is 1. The Hall–Kier alpha value is -3.15. The molecule has 1 atom stereocenters. The third-order valence-corrected chi connectivity index (χ3v) is 5.82. The average Bonchev–Trinajstić information content (AvgIpc) is 2.82. The van der Waals surface area contributed by atoms with Gasteiger partial charge in [-0.1, -0.05) is 46.2 Å². The normalized spacial score (nSPS) is 12.2. The maximum atomic E-state index is 13.7. The van der Waals surface area contributed by atoms with E-state index >= 15 is 0 Å². The first-order valence-electron chi connectivity index (χ1n) is 11.9. The van der Waals surface area contributed by atoms with Gasteiger partial charge < -0.3 is 9.64 Å². The Morgan fingerprint density at radius 3 is 2.39 bits per heavy atom. The number of nitrogens with zero attached hydrogens (tertiary/aromatic N) is 3. The van der Waals surface area contributed by atoms with Crippen LogP contribution in [-0.4, -0.2) is 34.0 Å². The number of unbranched alkanes of at least 4 members (excludes halogenated alkanes) is 1. The van der Waals surface area contributed by atoms with Gasteiger partial charge in [0.05, 0.1) is 29.7 Å². The first-order valence-corrected chi connectivity index (χ1v) is 11.9. The lowest BCUT2D eigenvalue weighted by Crippen LogP contribution is -2.40. The molecule has 176 valence electrons. The van der Waals surface area contributed by atoms with Crippen molar-refractivity contribution in [3.63, 3.8) is 0 Å². The van der Waals surface area contributed by atoms with E-state index in [1.54, 1.807) is 17.7 Å². The number of aromatic nitrogens is 2. The number of carbonyl (C=O) groups is 1. The molecular formula is C27H35N3O3. The van der Waals surface area contributed by atoms with Crippen LogP contribution in [0.25, 0.3) is 16.6 Å². The van der Waals surface area contributed by atoms with Crippen molar-refractivity contribution in [1.29, 1.82) is 0 Å². The van der Waals surface area contributed by atoms with Gasteiger partial charge in [-0.3, -0.25) is 14.2 Å². The molecule has 0 aliphatic carbocycles. The van der Waals surface area contributed by atoms with Crippen LogP contribution in [-0.2, 0) is 4.79 Å². The van der Waals surface area contributed by atoms with Crippen molar-refractivity contribution in [2.45, 2.75) is 59.4 Å². The highest BCUT2D eigenvalue weighted by Crippen LogP contribution is 2.28. The lowest BCUT2D eigenvalue weighted by Gasteiger charge is -2.33. The minimum atomic E-state index is -0.309. The molecule has 1 heterocycles. The summed E-state index contributed by atoms with van der Waals surface area (Å²) in [5.74, 6) is 1.72. The van der Waals surface area contributed by atoms with Crippen LogP contribution < -0.4 is 10.3 Å². The number of amides is 1. The highest BCUT2D eigenvalue weighted by molar-refractivity contribution is 5.79. The molecular weight excluding hydrogens is 414 g/mol. The molecule has 0 radical (unpaired) electrons. The van der Waals surface area contributed by atoms with Crippen molar-refractivity contribution in [2.24, 2.45) is 5.92 Å². The quantitative estimate of drug-likeness (QED) is 0.409. The zero-order chi connectivity index (χ0) is 24.0. The molecule has 0 N–H and O–H groups in total. The second kappa shape index (κ2) is 11.1. The van der Waals surface area contributed by atoms with Gasteiger partial charge in [-0.15, -0.1) is 0 Å². The second-order valence-corrected chi connectivity index (χ2v) is 8.79. The topological polar surface area (TPSA) is 64.4 Å². The van der Waals surface area contributed by atoms with E-state index in [1.807, 2.05) is 54.3 Å². The highest BCUT2D eigenvalue weighted by atomic mass is 16.5. The van der Waals surface area contributed by atoms with E-state index < -0.39 is 0 Å². The molecule has 0 saturated carbocycles. The van der Waals surface area contributed by atoms with Gasteiger partial charge in [0.1, 0.15) is 11.6 Å². The van der Waals surface area contributed by atoms with Crippen molar-refractivity contribution in [3.8, 4) is 11.4 Å². The SMILES string of the molecule is CCCCC(=O)N(CC(C)C)C(CC)c1nc2ccccc2c(=O)n1-c1ccc(OC)cc1. The van der Waals surface area contributed by atoms with Crippen LogP contribution in [0.2, 0.25) is 0 Å². The van der Waals surface area contributed by atoms with Gasteiger partial charge in [-0.2, -0.15) is 0 Å². The van der Waals surface area contributed by atoms with Crippen LogP contribution >= 0.6 is 0 Å². The summed E-state index contributed by atoms with van der Waals surface area (Å²) in [4.78, 5) is 33.9. The van der Waals surface area contributed by atoms with E-state index in [1.165, 1.54) is 0 Å². The monoisotopic (exact) mass is 449 g/mol. The van der Waals surface area contributed by atoms with Gasteiger partial charge in [-0.25, -0.2) is 4.98 Å². The molecule has 6 heteroatoms. The van der Waals surface area contributed by atoms with Crippen molar-refractivity contribution in [1.82, 2.24) is 14.5 Å². The summed E-state index contributed by atoms with van der Waals surface area (Å²) < 4.78 is 6.96. The summed E-state index contributed by atoms with van der Waals surface area (Å²) in [5, 5.41) is 0.555. The van der Waals surface area contributed by atoms with E-state index in [-0.39, 0.29) is 17.5 Å². The molecule has 1 amide bonds. The van der Waals surface area contributed by atoms with Crippen LogP contribution in [0, 0.1) is 5.92 Å². The largest absolute Gasteiger partial charge is 0.497 e. The molecule has 0 spiro atoms. The van der Waals surface area contributed by atoms with E-state index in [4.69, 9.17) is 9.72 Å². The highest BCUT2D eigenvalue weighted by Gasteiger charge is 2.29. The standard InChI is InChI=1S/C27H35N3O3/c1-6-8-13-25(31)29(18-19(3)4)24(7-2)26-28-23-12-10-9-11-22(23)27(32)30(26)20-14-16-21(33-5)17-15-20/h9-12,14-17,19,24H,6-8,13,18H2,1-5H3. The molecule has 1 unspecified atom stereocenters. The van der Waals surface area contributed by atoms with E-state index in [9.17, 15) is 9.59 Å². The Kier molecular flexibility index (Phi) is 8.26. The number of methoxy groups -OCH3 is 1. The lowest BCUT2D eigenvalue weighted by atomic mass is 10.1. The second-order valence-electron chi connectivity index (χ2n) is 8.79. The Labute approximate surface area is 196 Å². The predicted molar refractivity (Wildman–Crippen MR) is 133 cm³/mol. The number of rotatable bonds is 10. The van der Waals surface area contributed by atoms with Gasteiger partial charge in [0.2, 0.25) is 5.91 Å². The Morgan fingerprint density at radius 1 is 1.09 bits per heavy atom. The summed E-state index contributed by atoms with van der Waals surface area (Å²) in [7, 11) is 1.61. The van der Waals surface area contributed by atoms with Gasteiger partial charge >= 0.3 is 0 Å². The zero-order valence-electron chi connectivity index (χ0n) is 20.4. The zero-order valence-corrected chi connectivity index (χ0v) is 20.4. The number of hydrogen-bond donors (Lipinski definition) is 0. The molecule has 2 aromatic carbocycles. The van der Waals surface area contributed by atoms with Crippen molar-refractivity contribution >= 4 is 16.8 Å². The minimum absolute atomic E-state index is 0.112. The number of fused-ring (bicyclic) bond motifs is 1. The third kappa shape index (κ3) is 5.44. The molecule has 1 aromatic heterocycles. The molecule has 0 fully saturated rings. The van der Waals surface area contributed by atoms with Gasteiger partial charge in [-0.05, 0) is 55.2 Å². The van der Waals surface area contributed by atoms with Crippen LogP contribution in [0.15, 0.2) is 53.3 Å². The Bertz CT molecular complexity index is 1140. The van der Waals surface area contributed by atoms with Gasteiger partial charge in [0.25, 0.3) is 5.56 Å². The molecule has 33 heavy (non-hydrogen) atoms. The summed E-state index contributed by atoms with van der Waals surface area (Å²) in [6.07, 6.45) is 2.97. The fraction of sp³-hybridized carbons (Fsp3) is 0.444. The molecule has 0 aliphatic heterocycles. The van der Waals surface area contributed by atoms with Gasteiger partial charge in [0, 0.05) is 13.0 Å². The predicted octanol–water partition coefficient (Wildman–Crippen LogP) is 5.52. The summed E-state index contributed by atoms with van der Waals surface area (Å²) in [6.45, 7) is 8.97. The Balaban J connectivity index is 2.24. The fourth-order valence-electron chi connectivity index (χ4n) is 4.16. The van der Waals surface area contributed by atoms with Crippen LogP contribution in [0.3, 0.4) is 0 Å². The number of ether oxygens (including phenoxy) is 1. The number of hydrogen-bond acceptors (Lipinski definition) is 4. The van der Waals surface area contributed by atoms with Crippen LogP contribution in [0.4, 0.5) is 0 Å². The maximum Gasteiger partial charge on any atom is 0.266 e. The number of carbonyl (C=O) groups excluding carboxylic acids is 1. The molecule has 6 nitrogen and oxygen atoms in total. The number of benzene rings is 2. The van der Waals surface area contributed by atoms with Crippen LogP contribution in [0.1, 0.15) is 65.2 Å². The van der Waals surface area contributed by atoms with E-state index in [0.717, 1.165) is 12.8 Å². The third-order valence-electron chi connectivity index (χ3n) is 5.82.